The minimum Gasteiger partial charge on any atom is -0.366 e. The van der Waals surface area contributed by atoms with Gasteiger partial charge in [0.1, 0.15) is 6.10 Å². The molecule has 0 saturated carbocycles. The molecule has 1 heterocycles. The number of hydrogen-bond donors (Lipinski definition) is 0. The van der Waals surface area contributed by atoms with Gasteiger partial charge in [0, 0.05) is 0 Å². The van der Waals surface area contributed by atoms with Gasteiger partial charge in [-0.1, -0.05) is 12.2 Å². The van der Waals surface area contributed by atoms with Crippen LogP contribution in [0.5, 0.6) is 0 Å². The summed E-state index contributed by atoms with van der Waals surface area (Å²) >= 11 is 0. The zero-order valence-corrected chi connectivity index (χ0v) is 5.46. The van der Waals surface area contributed by atoms with Crippen molar-refractivity contribution < 1.29 is 9.53 Å². The zero-order valence-electron chi connectivity index (χ0n) is 5.46. The third kappa shape index (κ3) is 1.64. The molecular formula is C7H10O2. The Hall–Kier alpha value is -0.630. The number of rotatable bonds is 1. The maximum Gasteiger partial charge on any atom is 0.158 e. The van der Waals surface area contributed by atoms with Gasteiger partial charge in [0.15, 0.2) is 5.78 Å². The van der Waals surface area contributed by atoms with Crippen molar-refractivity contribution in [3.63, 3.8) is 0 Å². The fraction of sp³-hybridized carbons (Fsp3) is 0.571. The summed E-state index contributed by atoms with van der Waals surface area (Å²) in [5.74, 6) is 0.124. The first-order valence-corrected chi connectivity index (χ1v) is 3.08. The molecule has 1 atom stereocenters. The van der Waals surface area contributed by atoms with Gasteiger partial charge in [-0.05, 0) is 13.3 Å². The molecule has 0 aromatic carbocycles. The van der Waals surface area contributed by atoms with Crippen LogP contribution in [-0.4, -0.2) is 18.5 Å². The second-order valence-corrected chi connectivity index (χ2v) is 2.14. The fourth-order valence-corrected chi connectivity index (χ4v) is 0.811. The summed E-state index contributed by atoms with van der Waals surface area (Å²) in [5.41, 5.74) is 0. The maximum absolute atomic E-state index is 10.6. The monoisotopic (exact) mass is 126 g/mol. The lowest BCUT2D eigenvalue weighted by Gasteiger charge is -2.14. The van der Waals surface area contributed by atoms with E-state index in [0.29, 0.717) is 6.61 Å². The highest BCUT2D eigenvalue weighted by atomic mass is 16.5. The Balaban J connectivity index is 2.44. The van der Waals surface area contributed by atoms with Gasteiger partial charge in [-0.15, -0.1) is 0 Å². The molecule has 2 nitrogen and oxygen atoms in total. The quantitative estimate of drug-likeness (QED) is 0.488. The third-order valence-corrected chi connectivity index (χ3v) is 1.36. The van der Waals surface area contributed by atoms with Crippen LogP contribution in [0.2, 0.25) is 0 Å². The Bertz CT molecular complexity index is 138. The Morgan fingerprint density at radius 1 is 1.67 bits per heavy atom. The SMILES string of the molecule is CC(=O)[C@@H]1CC=CCO1. The Kier molecular flexibility index (Phi) is 2.01. The van der Waals surface area contributed by atoms with Gasteiger partial charge in [0.05, 0.1) is 6.61 Å². The van der Waals surface area contributed by atoms with E-state index in [1.807, 2.05) is 12.2 Å². The van der Waals surface area contributed by atoms with Crippen molar-refractivity contribution in [1.29, 1.82) is 0 Å². The summed E-state index contributed by atoms with van der Waals surface area (Å²) in [6.45, 7) is 2.15. The van der Waals surface area contributed by atoms with E-state index < -0.39 is 0 Å². The Labute approximate surface area is 54.5 Å². The second kappa shape index (κ2) is 2.78. The topological polar surface area (TPSA) is 26.3 Å². The summed E-state index contributed by atoms with van der Waals surface area (Å²) in [6.07, 6.45) is 4.49. The summed E-state index contributed by atoms with van der Waals surface area (Å²) in [7, 11) is 0. The highest BCUT2D eigenvalue weighted by Gasteiger charge is 2.13. The van der Waals surface area contributed by atoms with Crippen molar-refractivity contribution in [1.82, 2.24) is 0 Å². The molecule has 1 rings (SSSR count). The molecule has 0 radical (unpaired) electrons. The zero-order chi connectivity index (χ0) is 6.69. The van der Waals surface area contributed by atoms with E-state index >= 15 is 0 Å². The first-order chi connectivity index (χ1) is 4.30. The summed E-state index contributed by atoms with van der Waals surface area (Å²) in [4.78, 5) is 10.6. The number of hydrogen-bond acceptors (Lipinski definition) is 2. The minimum absolute atomic E-state index is 0.124. The molecule has 1 aliphatic rings. The highest BCUT2D eigenvalue weighted by molar-refractivity contribution is 5.80. The van der Waals surface area contributed by atoms with Crippen molar-refractivity contribution in [2.45, 2.75) is 19.4 Å². The fourth-order valence-electron chi connectivity index (χ4n) is 0.811. The van der Waals surface area contributed by atoms with Crippen LogP contribution in [0.3, 0.4) is 0 Å². The average molecular weight is 126 g/mol. The maximum atomic E-state index is 10.6. The van der Waals surface area contributed by atoms with Crippen molar-refractivity contribution in [2.75, 3.05) is 6.61 Å². The molecule has 50 valence electrons. The number of carbonyl (C=O) groups is 1. The third-order valence-electron chi connectivity index (χ3n) is 1.36. The molecule has 0 unspecified atom stereocenters. The van der Waals surface area contributed by atoms with Crippen LogP contribution in [0.1, 0.15) is 13.3 Å². The summed E-state index contributed by atoms with van der Waals surface area (Å²) in [5, 5.41) is 0. The molecular weight excluding hydrogens is 116 g/mol. The number of ketones is 1. The molecule has 9 heavy (non-hydrogen) atoms. The minimum atomic E-state index is -0.171. The van der Waals surface area contributed by atoms with E-state index in [4.69, 9.17) is 4.74 Å². The normalized spacial score (nSPS) is 26.1. The van der Waals surface area contributed by atoms with Crippen molar-refractivity contribution in [3.8, 4) is 0 Å². The summed E-state index contributed by atoms with van der Waals surface area (Å²) in [6, 6.07) is 0. The predicted molar refractivity (Wildman–Crippen MR) is 34.2 cm³/mol. The molecule has 0 bridgehead atoms. The van der Waals surface area contributed by atoms with Gasteiger partial charge in [0.2, 0.25) is 0 Å². The smallest absolute Gasteiger partial charge is 0.158 e. The van der Waals surface area contributed by atoms with Gasteiger partial charge in [-0.25, -0.2) is 0 Å². The average Bonchev–Trinajstić information content (AvgIpc) is 1.90. The van der Waals surface area contributed by atoms with E-state index in [1.54, 1.807) is 6.92 Å². The Morgan fingerprint density at radius 2 is 2.44 bits per heavy atom. The molecule has 0 spiro atoms. The standard InChI is InChI=1S/C7H10O2/c1-6(8)7-4-2-3-5-9-7/h2-3,7H,4-5H2,1H3/t7-/m0/s1. The lowest BCUT2D eigenvalue weighted by Crippen LogP contribution is -2.23. The van der Waals surface area contributed by atoms with Gasteiger partial charge in [0.25, 0.3) is 0 Å². The molecule has 1 aliphatic heterocycles. The molecule has 0 saturated heterocycles. The van der Waals surface area contributed by atoms with Crippen LogP contribution >= 0.6 is 0 Å². The molecule has 0 aliphatic carbocycles. The highest BCUT2D eigenvalue weighted by Crippen LogP contribution is 2.05. The molecule has 2 heteroatoms. The lowest BCUT2D eigenvalue weighted by atomic mass is 10.1. The van der Waals surface area contributed by atoms with Gasteiger partial charge in [-0.3, -0.25) is 4.79 Å². The number of carbonyl (C=O) groups excluding carboxylic acids is 1. The van der Waals surface area contributed by atoms with E-state index in [-0.39, 0.29) is 11.9 Å². The van der Waals surface area contributed by atoms with Gasteiger partial charge in [-0.2, -0.15) is 0 Å². The molecule has 0 aromatic heterocycles. The van der Waals surface area contributed by atoms with Crippen LogP contribution in [0.25, 0.3) is 0 Å². The first kappa shape index (κ1) is 6.49. The van der Waals surface area contributed by atoms with E-state index in [2.05, 4.69) is 0 Å². The summed E-state index contributed by atoms with van der Waals surface area (Å²) < 4.78 is 5.10. The first-order valence-electron chi connectivity index (χ1n) is 3.08. The van der Waals surface area contributed by atoms with Gasteiger partial charge < -0.3 is 4.74 Å². The van der Waals surface area contributed by atoms with Crippen LogP contribution in [0.15, 0.2) is 12.2 Å². The van der Waals surface area contributed by atoms with Crippen LogP contribution < -0.4 is 0 Å². The lowest BCUT2D eigenvalue weighted by molar-refractivity contribution is -0.127. The largest absolute Gasteiger partial charge is 0.366 e. The van der Waals surface area contributed by atoms with Crippen LogP contribution in [0, 0.1) is 0 Å². The van der Waals surface area contributed by atoms with Crippen LogP contribution in [-0.2, 0) is 9.53 Å². The Morgan fingerprint density at radius 3 is 2.78 bits per heavy atom. The van der Waals surface area contributed by atoms with Crippen LogP contribution in [0.4, 0.5) is 0 Å². The predicted octanol–water partition coefficient (Wildman–Crippen LogP) is 0.920. The molecule has 0 amide bonds. The molecule has 0 fully saturated rings. The van der Waals surface area contributed by atoms with Crippen molar-refractivity contribution >= 4 is 5.78 Å². The van der Waals surface area contributed by atoms with Gasteiger partial charge >= 0.3 is 0 Å². The van der Waals surface area contributed by atoms with E-state index in [0.717, 1.165) is 6.42 Å². The van der Waals surface area contributed by atoms with Crippen molar-refractivity contribution in [2.24, 2.45) is 0 Å². The second-order valence-electron chi connectivity index (χ2n) is 2.14. The van der Waals surface area contributed by atoms with E-state index in [1.165, 1.54) is 0 Å². The van der Waals surface area contributed by atoms with Crippen molar-refractivity contribution in [3.05, 3.63) is 12.2 Å². The van der Waals surface area contributed by atoms with E-state index in [9.17, 15) is 4.79 Å². The molecule has 0 aromatic rings. The number of Topliss-reactive ketones (excluding diaryl/α,β-unsaturated/α-hetero) is 1. The number of ether oxygens (including phenoxy) is 1. The molecule has 0 N–H and O–H groups in total.